The van der Waals surface area contributed by atoms with E-state index < -0.39 is 0 Å². The van der Waals surface area contributed by atoms with E-state index in [0.717, 1.165) is 37.0 Å². The van der Waals surface area contributed by atoms with E-state index >= 15 is 0 Å². The summed E-state index contributed by atoms with van der Waals surface area (Å²) >= 11 is 7.41. The molecule has 1 aliphatic carbocycles. The first-order valence-corrected chi connectivity index (χ1v) is 11.2. The topological polar surface area (TPSA) is 58.2 Å². The summed E-state index contributed by atoms with van der Waals surface area (Å²) in [6, 6.07) is 15.0. The number of nitrogens with one attached hydrogen (secondary N) is 2. The quantitative estimate of drug-likeness (QED) is 0.646. The van der Waals surface area contributed by atoms with Crippen molar-refractivity contribution in [3.8, 4) is 0 Å². The second-order valence-corrected chi connectivity index (χ2v) is 8.44. The molecule has 0 aromatic heterocycles. The number of rotatable bonds is 7. The van der Waals surface area contributed by atoms with Crippen LogP contribution in [0.25, 0.3) is 0 Å². The Morgan fingerprint density at radius 2 is 1.71 bits per heavy atom. The van der Waals surface area contributed by atoms with Gasteiger partial charge in [0, 0.05) is 16.8 Å². The summed E-state index contributed by atoms with van der Waals surface area (Å²) in [6.45, 7) is 0. The third-order valence-corrected chi connectivity index (χ3v) is 6.06. The molecule has 148 valence electrons. The lowest BCUT2D eigenvalue weighted by Gasteiger charge is -2.23. The second-order valence-electron chi connectivity index (χ2n) is 7.02. The van der Waals surface area contributed by atoms with Crippen molar-refractivity contribution < 1.29 is 9.59 Å². The molecule has 0 saturated heterocycles. The fourth-order valence-corrected chi connectivity index (χ4v) is 4.24. The highest BCUT2D eigenvalue weighted by molar-refractivity contribution is 7.99. The molecule has 0 radical (unpaired) electrons. The number of amides is 2. The predicted octanol–water partition coefficient (Wildman–Crippen LogP) is 5.27. The van der Waals surface area contributed by atoms with Gasteiger partial charge in [-0.05, 0) is 42.7 Å². The Balaban J connectivity index is 1.52. The number of hydrogen-bond donors (Lipinski definition) is 2. The Morgan fingerprint density at radius 1 is 1.00 bits per heavy atom. The van der Waals surface area contributed by atoms with Crippen molar-refractivity contribution in [2.24, 2.45) is 0 Å². The molecular formula is C22H25ClN2O2S. The first-order chi connectivity index (χ1) is 13.6. The molecular weight excluding hydrogens is 392 g/mol. The van der Waals surface area contributed by atoms with Gasteiger partial charge in [-0.3, -0.25) is 9.59 Å². The van der Waals surface area contributed by atoms with Gasteiger partial charge in [0.05, 0.1) is 17.0 Å². The molecule has 1 fully saturated rings. The summed E-state index contributed by atoms with van der Waals surface area (Å²) in [4.78, 5) is 25.0. The van der Waals surface area contributed by atoms with Gasteiger partial charge in [0.1, 0.15) is 0 Å². The first kappa shape index (κ1) is 20.7. The minimum absolute atomic E-state index is 0.114. The van der Waals surface area contributed by atoms with Crippen molar-refractivity contribution in [1.82, 2.24) is 5.32 Å². The van der Waals surface area contributed by atoms with Crippen molar-refractivity contribution in [3.05, 3.63) is 64.7 Å². The lowest BCUT2D eigenvalue weighted by Crippen LogP contribution is -2.36. The molecule has 0 heterocycles. The van der Waals surface area contributed by atoms with E-state index in [4.69, 9.17) is 11.6 Å². The highest BCUT2D eigenvalue weighted by atomic mass is 35.5. The van der Waals surface area contributed by atoms with Gasteiger partial charge in [-0.25, -0.2) is 0 Å². The molecule has 0 atom stereocenters. The molecule has 0 unspecified atom stereocenters. The van der Waals surface area contributed by atoms with Crippen LogP contribution in [0.1, 0.15) is 48.0 Å². The third kappa shape index (κ3) is 6.28. The number of hydrogen-bond acceptors (Lipinski definition) is 3. The van der Waals surface area contributed by atoms with Crippen LogP contribution in [0.15, 0.2) is 48.5 Å². The summed E-state index contributed by atoms with van der Waals surface area (Å²) in [5.41, 5.74) is 2.20. The van der Waals surface area contributed by atoms with Gasteiger partial charge in [-0.1, -0.05) is 55.1 Å². The van der Waals surface area contributed by atoms with Crippen molar-refractivity contribution in [2.45, 2.75) is 43.9 Å². The smallest absolute Gasteiger partial charge is 0.253 e. The average molecular weight is 417 g/mol. The lowest BCUT2D eigenvalue weighted by molar-refractivity contribution is -0.113. The Bertz CT molecular complexity index is 804. The molecule has 2 N–H and O–H groups in total. The normalized spacial score (nSPS) is 14.5. The van der Waals surface area contributed by atoms with Crippen LogP contribution in [0, 0.1) is 0 Å². The van der Waals surface area contributed by atoms with E-state index in [9.17, 15) is 9.59 Å². The Morgan fingerprint density at radius 3 is 2.46 bits per heavy atom. The van der Waals surface area contributed by atoms with Crippen molar-refractivity contribution in [1.29, 1.82) is 0 Å². The average Bonchev–Trinajstić information content (AvgIpc) is 2.70. The number of thioether (sulfide) groups is 1. The van der Waals surface area contributed by atoms with E-state index in [1.54, 1.807) is 12.1 Å². The summed E-state index contributed by atoms with van der Waals surface area (Å²) in [5.74, 6) is 0.823. The molecule has 0 spiro atoms. The van der Waals surface area contributed by atoms with Crippen LogP contribution in [0.3, 0.4) is 0 Å². The molecule has 0 aliphatic heterocycles. The van der Waals surface area contributed by atoms with E-state index in [2.05, 4.69) is 10.6 Å². The summed E-state index contributed by atoms with van der Waals surface area (Å²) < 4.78 is 0. The van der Waals surface area contributed by atoms with Crippen LogP contribution in [0.2, 0.25) is 5.02 Å². The van der Waals surface area contributed by atoms with E-state index in [1.165, 1.54) is 18.2 Å². The maximum Gasteiger partial charge on any atom is 0.253 e. The maximum atomic E-state index is 12.7. The number of carbonyl (C=O) groups excluding carboxylic acids is 2. The third-order valence-electron chi connectivity index (χ3n) is 4.80. The fraction of sp³-hybridized carbons (Fsp3) is 0.364. The van der Waals surface area contributed by atoms with Crippen molar-refractivity contribution in [2.75, 3.05) is 11.1 Å². The molecule has 0 bridgehead atoms. The molecule has 1 saturated carbocycles. The van der Waals surface area contributed by atoms with Gasteiger partial charge in [-0.2, -0.15) is 0 Å². The Hall–Kier alpha value is -1.98. The zero-order valence-electron chi connectivity index (χ0n) is 15.7. The highest BCUT2D eigenvalue weighted by Gasteiger charge is 2.19. The van der Waals surface area contributed by atoms with Crippen LogP contribution in [0.5, 0.6) is 0 Å². The van der Waals surface area contributed by atoms with Gasteiger partial charge >= 0.3 is 0 Å². The van der Waals surface area contributed by atoms with Gasteiger partial charge in [-0.15, -0.1) is 11.8 Å². The molecule has 2 amide bonds. The summed E-state index contributed by atoms with van der Waals surface area (Å²) in [7, 11) is 0. The van der Waals surface area contributed by atoms with E-state index in [0.29, 0.717) is 22.0 Å². The molecule has 3 rings (SSSR count). The monoisotopic (exact) mass is 416 g/mol. The predicted molar refractivity (Wildman–Crippen MR) is 117 cm³/mol. The van der Waals surface area contributed by atoms with Gasteiger partial charge in [0.15, 0.2) is 0 Å². The van der Waals surface area contributed by atoms with Crippen LogP contribution < -0.4 is 10.6 Å². The van der Waals surface area contributed by atoms with Gasteiger partial charge in [0.25, 0.3) is 5.91 Å². The van der Waals surface area contributed by atoms with E-state index in [-0.39, 0.29) is 17.9 Å². The molecule has 1 aliphatic rings. The molecule has 2 aromatic rings. The highest BCUT2D eigenvalue weighted by Crippen LogP contribution is 2.21. The van der Waals surface area contributed by atoms with Crippen LogP contribution in [-0.4, -0.2) is 23.6 Å². The van der Waals surface area contributed by atoms with E-state index in [1.807, 2.05) is 36.4 Å². The largest absolute Gasteiger partial charge is 0.349 e. The number of benzene rings is 2. The number of carbonyl (C=O) groups is 2. The van der Waals surface area contributed by atoms with Crippen LogP contribution in [0.4, 0.5) is 5.69 Å². The number of halogens is 1. The lowest BCUT2D eigenvalue weighted by atomic mass is 9.95. The Kier molecular flexibility index (Phi) is 7.80. The molecule has 2 aromatic carbocycles. The minimum Gasteiger partial charge on any atom is -0.349 e. The van der Waals surface area contributed by atoms with Crippen LogP contribution >= 0.6 is 23.4 Å². The standard InChI is InChI=1S/C22H25ClN2O2S/c23-17-12-10-16(11-13-17)14-28-15-21(26)25-20-9-5-4-8-19(20)22(27)24-18-6-2-1-3-7-18/h4-5,8-13,18H,1-3,6-7,14-15H2,(H,24,27)(H,25,26). The fourth-order valence-electron chi connectivity index (χ4n) is 3.33. The van der Waals surface area contributed by atoms with Crippen molar-refractivity contribution >= 4 is 40.9 Å². The second kappa shape index (κ2) is 10.5. The van der Waals surface area contributed by atoms with Crippen molar-refractivity contribution in [3.63, 3.8) is 0 Å². The zero-order chi connectivity index (χ0) is 19.8. The van der Waals surface area contributed by atoms with Gasteiger partial charge in [0.2, 0.25) is 5.91 Å². The van der Waals surface area contributed by atoms with Crippen LogP contribution in [-0.2, 0) is 10.5 Å². The number of anilines is 1. The summed E-state index contributed by atoms with van der Waals surface area (Å²) in [5, 5.41) is 6.70. The SMILES string of the molecule is O=C(CSCc1ccc(Cl)cc1)Nc1ccccc1C(=O)NC1CCCCC1. The minimum atomic E-state index is -0.114. The number of para-hydroxylation sites is 1. The van der Waals surface area contributed by atoms with Gasteiger partial charge < -0.3 is 10.6 Å². The summed E-state index contributed by atoms with van der Waals surface area (Å²) in [6.07, 6.45) is 5.62. The zero-order valence-corrected chi connectivity index (χ0v) is 17.3. The first-order valence-electron chi connectivity index (χ1n) is 9.64. The molecule has 6 heteroatoms. The molecule has 28 heavy (non-hydrogen) atoms. The maximum absolute atomic E-state index is 12.7. The Labute approximate surface area is 175 Å². The molecule has 4 nitrogen and oxygen atoms in total.